The fourth-order valence-electron chi connectivity index (χ4n) is 3.59. The van der Waals surface area contributed by atoms with Crippen molar-refractivity contribution in [2.24, 2.45) is 11.7 Å². The molecule has 1 fully saturated rings. The van der Waals surface area contributed by atoms with E-state index in [0.717, 1.165) is 25.3 Å². The number of hydrogen-bond donors (Lipinski definition) is 6. The predicted octanol–water partition coefficient (Wildman–Crippen LogP) is 0.00244. The van der Waals surface area contributed by atoms with Crippen LogP contribution >= 0.6 is 0 Å². The molecule has 0 aliphatic carbocycles. The maximum atomic E-state index is 12.8. The highest BCUT2D eigenvalue weighted by molar-refractivity contribution is 6.01. The van der Waals surface area contributed by atoms with Crippen LogP contribution in [0.25, 0.3) is 0 Å². The number of carboxylic acid groups (broad SMARTS) is 1. The summed E-state index contributed by atoms with van der Waals surface area (Å²) >= 11 is 0. The first-order valence-electron chi connectivity index (χ1n) is 11.5. The number of rotatable bonds is 8. The lowest BCUT2D eigenvalue weighted by Gasteiger charge is -2.33. The molecule has 2 rings (SSSR count). The Kier molecular flexibility index (Phi) is 12.1. The number of nitrogens with one attached hydrogen (secondary N) is 4. The number of nitrogens with zero attached hydrogens (tertiary/aromatic N) is 2. The van der Waals surface area contributed by atoms with E-state index in [2.05, 4.69) is 10.6 Å². The smallest absolute Gasteiger partial charge is 0.300 e. The Bertz CT molecular complexity index is 950. The molecule has 1 aromatic carbocycles. The molecular weight excluding hydrogens is 466 g/mol. The molecule has 12 nitrogen and oxygen atoms in total. The number of carbonyl (C=O) groups excluding carboxylic acids is 3. The molecule has 0 aromatic heterocycles. The molecule has 1 aliphatic rings. The first kappa shape index (κ1) is 30.1. The van der Waals surface area contributed by atoms with E-state index >= 15 is 0 Å². The molecule has 1 aromatic rings. The van der Waals surface area contributed by atoms with Crippen molar-refractivity contribution in [2.75, 3.05) is 33.7 Å². The van der Waals surface area contributed by atoms with Crippen molar-refractivity contribution in [3.05, 3.63) is 35.4 Å². The van der Waals surface area contributed by atoms with E-state index in [1.807, 2.05) is 4.90 Å². The fourth-order valence-corrected chi connectivity index (χ4v) is 3.59. The molecule has 1 aliphatic heterocycles. The van der Waals surface area contributed by atoms with Gasteiger partial charge in [0.2, 0.25) is 17.7 Å². The quantitative estimate of drug-likeness (QED) is 0.163. The first-order chi connectivity index (χ1) is 16.8. The molecule has 12 heteroatoms. The number of carbonyl (C=O) groups is 4. The van der Waals surface area contributed by atoms with Crippen molar-refractivity contribution < 1.29 is 24.3 Å². The third-order valence-electron chi connectivity index (χ3n) is 5.52. The second kappa shape index (κ2) is 14.4. The molecule has 1 saturated heterocycles. The SMILES string of the molecule is CC(=N)N1CCC(NC(=O)CNC(=O)C(Cc2ccc(C(=N)N)cc2)C(=O)N(C)C)CC1.CC(=O)O. The molecule has 0 saturated carbocycles. The van der Waals surface area contributed by atoms with Gasteiger partial charge in [0.1, 0.15) is 11.8 Å². The van der Waals surface area contributed by atoms with E-state index in [4.69, 9.17) is 26.5 Å². The fraction of sp³-hybridized carbons (Fsp3) is 0.500. The highest BCUT2D eigenvalue weighted by Crippen LogP contribution is 2.13. The van der Waals surface area contributed by atoms with E-state index in [9.17, 15) is 14.4 Å². The number of carboxylic acids is 1. The number of likely N-dealkylation sites (tertiary alicyclic amines) is 1. The third kappa shape index (κ3) is 10.5. The number of amidine groups is 2. The summed E-state index contributed by atoms with van der Waals surface area (Å²) in [6.45, 7) is 4.06. The molecule has 0 radical (unpaired) electrons. The van der Waals surface area contributed by atoms with Crippen LogP contribution in [0.1, 0.15) is 37.8 Å². The lowest BCUT2D eigenvalue weighted by Crippen LogP contribution is -2.49. The zero-order valence-electron chi connectivity index (χ0n) is 21.3. The van der Waals surface area contributed by atoms with Crippen LogP contribution in [0.3, 0.4) is 0 Å². The van der Waals surface area contributed by atoms with Gasteiger partial charge in [0.05, 0.1) is 12.4 Å². The van der Waals surface area contributed by atoms with Gasteiger partial charge in [-0.1, -0.05) is 24.3 Å². The highest BCUT2D eigenvalue weighted by Gasteiger charge is 2.29. The largest absolute Gasteiger partial charge is 0.481 e. The molecule has 0 spiro atoms. The van der Waals surface area contributed by atoms with Crippen molar-refractivity contribution >= 4 is 35.4 Å². The maximum absolute atomic E-state index is 12.8. The minimum absolute atomic E-state index is 0.00833. The van der Waals surface area contributed by atoms with Crippen molar-refractivity contribution in [1.82, 2.24) is 20.4 Å². The van der Waals surface area contributed by atoms with Gasteiger partial charge in [-0.05, 0) is 31.7 Å². The topological polar surface area (TPSA) is 193 Å². The summed E-state index contributed by atoms with van der Waals surface area (Å²) in [6.07, 6.45) is 1.66. The molecule has 1 unspecified atom stereocenters. The minimum atomic E-state index is -0.972. The van der Waals surface area contributed by atoms with Crippen LogP contribution in [0.5, 0.6) is 0 Å². The number of aliphatic carboxylic acids is 1. The van der Waals surface area contributed by atoms with Crippen molar-refractivity contribution in [3.63, 3.8) is 0 Å². The summed E-state index contributed by atoms with van der Waals surface area (Å²) < 4.78 is 0. The Hall–Kier alpha value is -3.96. The van der Waals surface area contributed by atoms with E-state index in [0.29, 0.717) is 24.5 Å². The second-order valence-electron chi connectivity index (χ2n) is 8.75. The van der Waals surface area contributed by atoms with Crippen LogP contribution in [0.4, 0.5) is 0 Å². The van der Waals surface area contributed by atoms with Gasteiger partial charge in [-0.25, -0.2) is 0 Å². The normalized spacial score (nSPS) is 13.9. The number of nitrogens with two attached hydrogens (primary N) is 1. The van der Waals surface area contributed by atoms with Crippen LogP contribution in [-0.4, -0.2) is 90.0 Å². The number of hydrogen-bond acceptors (Lipinski definition) is 6. The Balaban J connectivity index is 0.00000150. The Morgan fingerprint density at radius 3 is 2.08 bits per heavy atom. The van der Waals surface area contributed by atoms with E-state index in [1.54, 1.807) is 45.3 Å². The maximum Gasteiger partial charge on any atom is 0.300 e. The molecular formula is C24H37N7O5. The Labute approximate surface area is 211 Å². The molecule has 3 amide bonds. The van der Waals surface area contributed by atoms with Gasteiger partial charge in [-0.2, -0.15) is 0 Å². The summed E-state index contributed by atoms with van der Waals surface area (Å²) in [7, 11) is 3.16. The molecule has 0 bridgehead atoms. The van der Waals surface area contributed by atoms with Crippen molar-refractivity contribution in [1.29, 1.82) is 10.8 Å². The molecule has 7 N–H and O–H groups in total. The van der Waals surface area contributed by atoms with Gasteiger partial charge in [0.15, 0.2) is 0 Å². The predicted molar refractivity (Wildman–Crippen MR) is 136 cm³/mol. The minimum Gasteiger partial charge on any atom is -0.481 e. The molecule has 36 heavy (non-hydrogen) atoms. The zero-order valence-corrected chi connectivity index (χ0v) is 21.3. The second-order valence-corrected chi connectivity index (χ2v) is 8.75. The van der Waals surface area contributed by atoms with Gasteiger partial charge in [0.25, 0.3) is 5.97 Å². The number of amides is 3. The number of piperidine rings is 1. The van der Waals surface area contributed by atoms with Gasteiger partial charge >= 0.3 is 0 Å². The van der Waals surface area contributed by atoms with Crippen LogP contribution < -0.4 is 16.4 Å². The van der Waals surface area contributed by atoms with Gasteiger partial charge < -0.3 is 31.3 Å². The van der Waals surface area contributed by atoms with Crippen LogP contribution in [0.15, 0.2) is 24.3 Å². The van der Waals surface area contributed by atoms with Crippen molar-refractivity contribution in [2.45, 2.75) is 39.2 Å². The standard InChI is InChI=1S/C22H33N7O3.C2H4O2/c1-14(23)29-10-8-17(9-11-29)27-19(30)13-26-21(31)18(22(32)28(2)3)12-15-4-6-16(7-5-15)20(24)25;1-2(3)4/h4-7,17-18,23H,8-13H2,1-3H3,(H3,24,25)(H,26,31)(H,27,30);1H3,(H,3,4). The van der Waals surface area contributed by atoms with E-state index in [-0.39, 0.29) is 36.7 Å². The highest BCUT2D eigenvalue weighted by atomic mass is 16.4. The van der Waals surface area contributed by atoms with Crippen molar-refractivity contribution in [3.8, 4) is 0 Å². The summed E-state index contributed by atoms with van der Waals surface area (Å²) in [6, 6.07) is 6.81. The lowest BCUT2D eigenvalue weighted by atomic mass is 9.96. The Morgan fingerprint density at radius 1 is 1.11 bits per heavy atom. The number of nitrogen functional groups attached to an aromatic ring is 1. The summed E-state index contributed by atoms with van der Waals surface area (Å²) in [5, 5.41) is 28.0. The molecule has 198 valence electrons. The van der Waals surface area contributed by atoms with Crippen LogP contribution in [0, 0.1) is 16.7 Å². The zero-order chi connectivity index (χ0) is 27.4. The molecule has 1 atom stereocenters. The Morgan fingerprint density at radius 2 is 1.64 bits per heavy atom. The monoisotopic (exact) mass is 503 g/mol. The van der Waals surface area contributed by atoms with Crippen LogP contribution in [-0.2, 0) is 25.6 Å². The van der Waals surface area contributed by atoms with E-state index < -0.39 is 17.8 Å². The summed E-state index contributed by atoms with van der Waals surface area (Å²) in [4.78, 5) is 50.0. The third-order valence-corrected chi connectivity index (χ3v) is 5.52. The average Bonchev–Trinajstić information content (AvgIpc) is 2.80. The lowest BCUT2D eigenvalue weighted by molar-refractivity contribution is -0.141. The average molecular weight is 504 g/mol. The molecule has 1 heterocycles. The van der Waals surface area contributed by atoms with Crippen LogP contribution in [0.2, 0.25) is 0 Å². The van der Waals surface area contributed by atoms with Gasteiger partial charge in [-0.3, -0.25) is 30.0 Å². The summed E-state index contributed by atoms with van der Waals surface area (Å²) in [5.74, 6) is -2.50. The van der Waals surface area contributed by atoms with Gasteiger partial charge in [0, 0.05) is 45.7 Å². The van der Waals surface area contributed by atoms with Gasteiger partial charge in [-0.15, -0.1) is 0 Å². The summed E-state index contributed by atoms with van der Waals surface area (Å²) in [5.41, 5.74) is 6.78. The van der Waals surface area contributed by atoms with E-state index in [1.165, 1.54) is 4.90 Å². The first-order valence-corrected chi connectivity index (χ1v) is 11.5. The number of benzene rings is 1.